The van der Waals surface area contributed by atoms with Gasteiger partial charge in [0.2, 0.25) is 10.0 Å². The fourth-order valence-corrected chi connectivity index (χ4v) is 3.90. The number of rotatable bonds is 3. The molecule has 0 fully saturated rings. The van der Waals surface area contributed by atoms with E-state index in [-0.39, 0.29) is 23.7 Å². The van der Waals surface area contributed by atoms with E-state index >= 15 is 0 Å². The Bertz CT molecular complexity index is 772. The molecule has 3 rings (SSSR count). The van der Waals surface area contributed by atoms with Crippen molar-refractivity contribution in [1.29, 1.82) is 0 Å². The Morgan fingerprint density at radius 1 is 1.43 bits per heavy atom. The number of methoxy groups -OCH3 is 1. The molecule has 0 radical (unpaired) electrons. The molecule has 8 heteroatoms. The number of ether oxygens (including phenoxy) is 1. The summed E-state index contributed by atoms with van der Waals surface area (Å²) in [7, 11) is -2.50. The summed E-state index contributed by atoms with van der Waals surface area (Å²) in [6, 6.07) is 3.43. The van der Waals surface area contributed by atoms with Crippen LogP contribution in [0.4, 0.5) is 4.39 Å². The van der Waals surface area contributed by atoms with Crippen LogP contribution in [0.5, 0.6) is 5.75 Å². The highest BCUT2D eigenvalue weighted by Gasteiger charge is 2.32. The highest BCUT2D eigenvalue weighted by atomic mass is 32.2. The number of halogens is 1. The molecule has 0 unspecified atom stereocenters. The molecule has 0 N–H and O–H groups in total. The summed E-state index contributed by atoms with van der Waals surface area (Å²) in [4.78, 5) is -0.176. The average Bonchev–Trinajstić information content (AvgIpc) is 2.94. The van der Waals surface area contributed by atoms with Crippen LogP contribution in [0.25, 0.3) is 0 Å². The molecular weight excluding hydrogens is 299 g/mol. The molecule has 0 bridgehead atoms. The first-order chi connectivity index (χ1) is 10.0. The Kier molecular flexibility index (Phi) is 3.42. The SMILES string of the molecule is COc1ccc(F)cc1S(=O)(=O)N1CCc2oncc2C1. The van der Waals surface area contributed by atoms with Gasteiger partial charge in [-0.05, 0) is 18.2 Å². The van der Waals surface area contributed by atoms with E-state index in [9.17, 15) is 12.8 Å². The maximum Gasteiger partial charge on any atom is 0.247 e. The van der Waals surface area contributed by atoms with E-state index in [0.717, 1.165) is 17.7 Å². The molecular formula is C13H13FN2O4S. The zero-order chi connectivity index (χ0) is 15.0. The van der Waals surface area contributed by atoms with Crippen LogP contribution >= 0.6 is 0 Å². The summed E-state index contributed by atoms with van der Waals surface area (Å²) < 4.78 is 50.1. The fraction of sp³-hybridized carbons (Fsp3) is 0.308. The predicted octanol–water partition coefficient (Wildman–Crippen LogP) is 1.57. The van der Waals surface area contributed by atoms with Gasteiger partial charge in [-0.1, -0.05) is 5.16 Å². The van der Waals surface area contributed by atoms with Gasteiger partial charge in [-0.2, -0.15) is 4.31 Å². The van der Waals surface area contributed by atoms with Crippen molar-refractivity contribution in [1.82, 2.24) is 9.46 Å². The molecule has 21 heavy (non-hydrogen) atoms. The lowest BCUT2D eigenvalue weighted by atomic mass is 10.1. The highest BCUT2D eigenvalue weighted by molar-refractivity contribution is 7.89. The number of fused-ring (bicyclic) bond motifs is 1. The van der Waals surface area contributed by atoms with Gasteiger partial charge in [-0.15, -0.1) is 0 Å². The molecule has 0 atom stereocenters. The summed E-state index contributed by atoms with van der Waals surface area (Å²) in [5.41, 5.74) is 0.722. The molecule has 0 spiro atoms. The molecule has 1 aliphatic rings. The summed E-state index contributed by atoms with van der Waals surface area (Å²) in [6.07, 6.45) is 1.94. The monoisotopic (exact) mass is 312 g/mol. The Morgan fingerprint density at radius 3 is 3.00 bits per heavy atom. The smallest absolute Gasteiger partial charge is 0.247 e. The van der Waals surface area contributed by atoms with Gasteiger partial charge in [-0.25, -0.2) is 12.8 Å². The molecule has 1 aliphatic heterocycles. The largest absolute Gasteiger partial charge is 0.495 e. The first-order valence-corrected chi connectivity index (χ1v) is 7.72. The van der Waals surface area contributed by atoms with E-state index in [1.807, 2.05) is 0 Å². The predicted molar refractivity (Wildman–Crippen MR) is 70.8 cm³/mol. The minimum atomic E-state index is -3.85. The van der Waals surface area contributed by atoms with Crippen LogP contribution in [0.1, 0.15) is 11.3 Å². The van der Waals surface area contributed by atoms with Gasteiger partial charge in [0.1, 0.15) is 22.2 Å². The van der Waals surface area contributed by atoms with Gasteiger partial charge in [-0.3, -0.25) is 0 Å². The molecule has 1 aromatic heterocycles. The lowest BCUT2D eigenvalue weighted by Crippen LogP contribution is -2.35. The lowest BCUT2D eigenvalue weighted by Gasteiger charge is -2.25. The van der Waals surface area contributed by atoms with Crippen LogP contribution in [0.15, 0.2) is 33.8 Å². The van der Waals surface area contributed by atoms with Gasteiger partial charge in [0, 0.05) is 25.1 Å². The van der Waals surface area contributed by atoms with Crippen molar-refractivity contribution in [3.05, 3.63) is 41.5 Å². The third kappa shape index (κ3) is 2.40. The molecule has 2 heterocycles. The van der Waals surface area contributed by atoms with Crippen molar-refractivity contribution in [2.45, 2.75) is 17.9 Å². The molecule has 1 aromatic carbocycles. The number of sulfonamides is 1. The van der Waals surface area contributed by atoms with Crippen molar-refractivity contribution < 1.29 is 22.1 Å². The van der Waals surface area contributed by atoms with Crippen molar-refractivity contribution in [2.75, 3.05) is 13.7 Å². The molecule has 0 aliphatic carbocycles. The normalized spacial score (nSPS) is 15.7. The first kappa shape index (κ1) is 14.0. The number of nitrogens with zero attached hydrogens (tertiary/aromatic N) is 2. The van der Waals surface area contributed by atoms with Crippen LogP contribution in [-0.2, 0) is 23.0 Å². The van der Waals surface area contributed by atoms with Crippen molar-refractivity contribution >= 4 is 10.0 Å². The standard InChI is InChI=1S/C13H13FN2O4S/c1-19-12-3-2-10(14)6-13(12)21(17,18)16-5-4-11-9(8-16)7-15-20-11/h2-3,6-7H,4-5,8H2,1H3. The van der Waals surface area contributed by atoms with Gasteiger partial charge in [0.05, 0.1) is 13.3 Å². The number of benzene rings is 1. The highest BCUT2D eigenvalue weighted by Crippen LogP contribution is 2.30. The van der Waals surface area contributed by atoms with Crippen LogP contribution in [-0.4, -0.2) is 31.5 Å². The number of aromatic nitrogens is 1. The van der Waals surface area contributed by atoms with E-state index in [1.165, 1.54) is 23.7 Å². The van der Waals surface area contributed by atoms with Crippen LogP contribution in [0.3, 0.4) is 0 Å². The fourth-order valence-electron chi connectivity index (χ4n) is 2.31. The zero-order valence-electron chi connectivity index (χ0n) is 11.2. The third-order valence-corrected chi connectivity index (χ3v) is 5.27. The number of hydrogen-bond donors (Lipinski definition) is 0. The molecule has 6 nitrogen and oxygen atoms in total. The minimum Gasteiger partial charge on any atom is -0.495 e. The Balaban J connectivity index is 2.00. The van der Waals surface area contributed by atoms with Crippen LogP contribution < -0.4 is 4.74 Å². The summed E-state index contributed by atoms with van der Waals surface area (Å²) in [6.45, 7) is 0.408. The van der Waals surface area contributed by atoms with E-state index in [0.29, 0.717) is 12.2 Å². The zero-order valence-corrected chi connectivity index (χ0v) is 12.1. The van der Waals surface area contributed by atoms with Gasteiger partial charge >= 0.3 is 0 Å². The number of hydrogen-bond acceptors (Lipinski definition) is 5. The van der Waals surface area contributed by atoms with Crippen molar-refractivity contribution in [2.24, 2.45) is 0 Å². The van der Waals surface area contributed by atoms with E-state index in [1.54, 1.807) is 0 Å². The molecule has 0 amide bonds. The van der Waals surface area contributed by atoms with E-state index in [4.69, 9.17) is 9.26 Å². The van der Waals surface area contributed by atoms with E-state index in [2.05, 4.69) is 5.16 Å². The Hall–Kier alpha value is -1.93. The van der Waals surface area contributed by atoms with Gasteiger partial charge < -0.3 is 9.26 Å². The quantitative estimate of drug-likeness (QED) is 0.860. The van der Waals surface area contributed by atoms with Gasteiger partial charge in [0.15, 0.2) is 0 Å². The first-order valence-electron chi connectivity index (χ1n) is 6.28. The molecule has 0 saturated heterocycles. The molecule has 112 valence electrons. The third-order valence-electron chi connectivity index (χ3n) is 3.41. The summed E-state index contributed by atoms with van der Waals surface area (Å²) in [5, 5.41) is 3.66. The topological polar surface area (TPSA) is 72.6 Å². The second-order valence-corrected chi connectivity index (χ2v) is 6.56. The average molecular weight is 312 g/mol. The second kappa shape index (κ2) is 5.12. The molecule has 0 saturated carbocycles. The Morgan fingerprint density at radius 2 is 2.24 bits per heavy atom. The lowest BCUT2D eigenvalue weighted by molar-refractivity contribution is 0.329. The molecule has 2 aromatic rings. The van der Waals surface area contributed by atoms with Gasteiger partial charge in [0.25, 0.3) is 0 Å². The summed E-state index contributed by atoms with van der Waals surface area (Å²) >= 11 is 0. The van der Waals surface area contributed by atoms with Crippen molar-refractivity contribution in [3.63, 3.8) is 0 Å². The maximum absolute atomic E-state index is 13.4. The van der Waals surface area contributed by atoms with Crippen LogP contribution in [0.2, 0.25) is 0 Å². The second-order valence-electron chi connectivity index (χ2n) is 4.66. The Labute approximate surface area is 121 Å². The van der Waals surface area contributed by atoms with E-state index < -0.39 is 15.8 Å². The maximum atomic E-state index is 13.4. The van der Waals surface area contributed by atoms with Crippen LogP contribution in [0, 0.1) is 5.82 Å². The summed E-state index contributed by atoms with van der Waals surface area (Å²) in [5.74, 6) is 0.178. The van der Waals surface area contributed by atoms with Crippen molar-refractivity contribution in [3.8, 4) is 5.75 Å². The minimum absolute atomic E-state index is 0.118.